The zero-order valence-corrected chi connectivity index (χ0v) is 14.2. The van der Waals surface area contributed by atoms with Crippen molar-refractivity contribution in [2.24, 2.45) is 5.92 Å². The minimum absolute atomic E-state index is 0. The van der Waals surface area contributed by atoms with E-state index in [1.54, 1.807) is 0 Å². The Labute approximate surface area is 142 Å². The predicted octanol–water partition coefficient (Wildman–Crippen LogP) is 3.59. The van der Waals surface area contributed by atoms with Crippen LogP contribution in [0.15, 0.2) is 12.1 Å². The lowest BCUT2D eigenvalue weighted by Crippen LogP contribution is -2.45. The molecule has 0 amide bonds. The summed E-state index contributed by atoms with van der Waals surface area (Å²) in [6.07, 6.45) is 2.60. The molecule has 0 aromatic carbocycles. The smallest absolute Gasteiger partial charge is 0.135 e. The monoisotopic (exact) mass is 357 g/mol. The Kier molecular flexibility index (Phi) is 7.33. The first-order valence-corrected chi connectivity index (χ1v) is 7.28. The molecule has 1 aliphatic carbocycles. The molecule has 2 aliphatic rings. The van der Waals surface area contributed by atoms with Crippen LogP contribution in [0.25, 0.3) is 0 Å². The standard InChI is InChI=1S/C13H17Cl2N3.2ClH/c14-11-4-3-10(13(15)17-11)12(9-1-2-9)18-7-5-16-6-8-18;;/h3-4,9,12,16H,1-2,5-8H2;2*1H/t12-;;/m1../s1. The summed E-state index contributed by atoms with van der Waals surface area (Å²) in [6.45, 7) is 4.28. The van der Waals surface area contributed by atoms with Crippen molar-refractivity contribution >= 4 is 48.0 Å². The molecule has 1 aromatic heterocycles. The Bertz CT molecular complexity index is 434. The number of rotatable bonds is 3. The molecule has 1 saturated carbocycles. The second-order valence-corrected chi connectivity index (χ2v) is 5.83. The minimum Gasteiger partial charge on any atom is -0.314 e. The molecule has 0 spiro atoms. The summed E-state index contributed by atoms with van der Waals surface area (Å²) in [4.78, 5) is 6.72. The molecule has 114 valence electrons. The van der Waals surface area contributed by atoms with E-state index in [1.165, 1.54) is 12.8 Å². The summed E-state index contributed by atoms with van der Waals surface area (Å²) < 4.78 is 0. The summed E-state index contributed by atoms with van der Waals surface area (Å²) in [5, 5.41) is 4.43. The van der Waals surface area contributed by atoms with Crippen molar-refractivity contribution in [3.63, 3.8) is 0 Å². The lowest BCUT2D eigenvalue weighted by Gasteiger charge is -2.35. The van der Waals surface area contributed by atoms with Crippen LogP contribution in [0.1, 0.15) is 24.4 Å². The van der Waals surface area contributed by atoms with Crippen LogP contribution >= 0.6 is 48.0 Å². The van der Waals surface area contributed by atoms with Gasteiger partial charge < -0.3 is 5.32 Å². The van der Waals surface area contributed by atoms with E-state index in [-0.39, 0.29) is 24.8 Å². The Balaban J connectivity index is 0.000001000. The molecule has 7 heteroatoms. The number of pyridine rings is 1. The van der Waals surface area contributed by atoms with Gasteiger partial charge in [-0.1, -0.05) is 29.3 Å². The second-order valence-electron chi connectivity index (χ2n) is 5.08. The molecule has 1 N–H and O–H groups in total. The van der Waals surface area contributed by atoms with Crippen LogP contribution in [-0.2, 0) is 0 Å². The number of hydrogen-bond acceptors (Lipinski definition) is 3. The van der Waals surface area contributed by atoms with Crippen molar-refractivity contribution < 1.29 is 0 Å². The number of halogens is 4. The van der Waals surface area contributed by atoms with Gasteiger partial charge in [0, 0.05) is 37.8 Å². The third kappa shape index (κ3) is 4.12. The van der Waals surface area contributed by atoms with Crippen molar-refractivity contribution in [2.75, 3.05) is 26.2 Å². The van der Waals surface area contributed by atoms with Crippen molar-refractivity contribution in [1.82, 2.24) is 15.2 Å². The summed E-state index contributed by atoms with van der Waals surface area (Å²) in [7, 11) is 0. The number of nitrogens with zero attached hydrogens (tertiary/aromatic N) is 2. The fraction of sp³-hybridized carbons (Fsp3) is 0.615. The molecule has 1 saturated heterocycles. The van der Waals surface area contributed by atoms with E-state index in [0.29, 0.717) is 16.3 Å². The van der Waals surface area contributed by atoms with Gasteiger partial charge in [-0.05, 0) is 24.8 Å². The molecule has 0 bridgehead atoms. The van der Waals surface area contributed by atoms with Crippen LogP contribution < -0.4 is 5.32 Å². The maximum atomic E-state index is 6.28. The highest BCUT2D eigenvalue weighted by Crippen LogP contribution is 2.46. The summed E-state index contributed by atoms with van der Waals surface area (Å²) in [5.74, 6) is 0.739. The normalized spacial score (nSPS) is 20.7. The quantitative estimate of drug-likeness (QED) is 0.837. The highest BCUT2D eigenvalue weighted by Gasteiger charge is 2.37. The molecule has 20 heavy (non-hydrogen) atoms. The van der Waals surface area contributed by atoms with Crippen LogP contribution in [0, 0.1) is 5.92 Å². The highest BCUT2D eigenvalue weighted by atomic mass is 35.5. The topological polar surface area (TPSA) is 28.2 Å². The van der Waals surface area contributed by atoms with Gasteiger partial charge in [0.1, 0.15) is 10.3 Å². The third-order valence-corrected chi connectivity index (χ3v) is 4.29. The first-order valence-electron chi connectivity index (χ1n) is 6.52. The highest BCUT2D eigenvalue weighted by molar-refractivity contribution is 6.32. The first kappa shape index (κ1) is 18.3. The Morgan fingerprint density at radius 2 is 1.80 bits per heavy atom. The molecular weight excluding hydrogens is 340 g/mol. The molecule has 3 nitrogen and oxygen atoms in total. The molecule has 3 rings (SSSR count). The van der Waals surface area contributed by atoms with Gasteiger partial charge in [-0.25, -0.2) is 4.98 Å². The average molecular weight is 359 g/mol. The zero-order valence-electron chi connectivity index (χ0n) is 11.0. The van der Waals surface area contributed by atoms with E-state index < -0.39 is 0 Å². The van der Waals surface area contributed by atoms with Crippen LogP contribution in [0.5, 0.6) is 0 Å². The minimum atomic E-state index is 0. The largest absolute Gasteiger partial charge is 0.314 e. The number of hydrogen-bond donors (Lipinski definition) is 1. The SMILES string of the molecule is Cl.Cl.Clc1ccc([C@@H](C2CC2)N2CCNCC2)c(Cl)n1. The van der Waals surface area contributed by atoms with Gasteiger partial charge in [0.15, 0.2) is 0 Å². The van der Waals surface area contributed by atoms with Crippen LogP contribution in [0.4, 0.5) is 0 Å². The van der Waals surface area contributed by atoms with Gasteiger partial charge >= 0.3 is 0 Å². The van der Waals surface area contributed by atoms with Gasteiger partial charge in [-0.2, -0.15) is 0 Å². The third-order valence-electron chi connectivity index (χ3n) is 3.78. The Morgan fingerprint density at radius 1 is 1.15 bits per heavy atom. The lowest BCUT2D eigenvalue weighted by molar-refractivity contribution is 0.156. The first-order chi connectivity index (χ1) is 8.75. The van der Waals surface area contributed by atoms with Gasteiger partial charge in [-0.15, -0.1) is 24.8 Å². The maximum Gasteiger partial charge on any atom is 0.135 e. The molecule has 0 unspecified atom stereocenters. The van der Waals surface area contributed by atoms with Gasteiger partial charge in [0.2, 0.25) is 0 Å². The van der Waals surface area contributed by atoms with E-state index in [4.69, 9.17) is 23.2 Å². The summed E-state index contributed by atoms with van der Waals surface area (Å²) in [6, 6.07) is 4.31. The fourth-order valence-electron chi connectivity index (χ4n) is 2.76. The number of nitrogens with one attached hydrogen (secondary N) is 1. The molecule has 1 atom stereocenters. The van der Waals surface area contributed by atoms with Gasteiger partial charge in [0.25, 0.3) is 0 Å². The zero-order chi connectivity index (χ0) is 12.5. The fourth-order valence-corrected chi connectivity index (χ4v) is 3.22. The van der Waals surface area contributed by atoms with Crippen molar-refractivity contribution in [3.8, 4) is 0 Å². The van der Waals surface area contributed by atoms with Crippen LogP contribution in [-0.4, -0.2) is 36.1 Å². The molecule has 1 aromatic rings. The Hall–Kier alpha value is 0.230. The molecule has 1 aliphatic heterocycles. The maximum absolute atomic E-state index is 6.28. The molecule has 0 radical (unpaired) electrons. The van der Waals surface area contributed by atoms with E-state index in [1.807, 2.05) is 12.1 Å². The molecule has 2 fully saturated rings. The molecular formula is C13H19Cl4N3. The summed E-state index contributed by atoms with van der Waals surface area (Å²) >= 11 is 12.2. The van der Waals surface area contributed by atoms with Crippen molar-refractivity contribution in [3.05, 3.63) is 28.0 Å². The van der Waals surface area contributed by atoms with E-state index in [9.17, 15) is 0 Å². The average Bonchev–Trinajstić information content (AvgIpc) is 3.18. The van der Waals surface area contributed by atoms with Gasteiger partial charge in [0.05, 0.1) is 0 Å². The van der Waals surface area contributed by atoms with E-state index >= 15 is 0 Å². The second kappa shape index (κ2) is 8.02. The van der Waals surface area contributed by atoms with Crippen molar-refractivity contribution in [2.45, 2.75) is 18.9 Å². The predicted molar refractivity (Wildman–Crippen MR) is 88.7 cm³/mol. The van der Waals surface area contributed by atoms with E-state index in [2.05, 4.69) is 15.2 Å². The Morgan fingerprint density at radius 3 is 2.35 bits per heavy atom. The lowest BCUT2D eigenvalue weighted by atomic mass is 10.0. The number of aromatic nitrogens is 1. The molecule has 2 heterocycles. The van der Waals surface area contributed by atoms with Crippen molar-refractivity contribution in [1.29, 1.82) is 0 Å². The van der Waals surface area contributed by atoms with Crippen LogP contribution in [0.3, 0.4) is 0 Å². The van der Waals surface area contributed by atoms with E-state index in [0.717, 1.165) is 37.7 Å². The summed E-state index contributed by atoms with van der Waals surface area (Å²) in [5.41, 5.74) is 1.14. The number of piperazine rings is 1. The van der Waals surface area contributed by atoms with Gasteiger partial charge in [-0.3, -0.25) is 4.90 Å². The van der Waals surface area contributed by atoms with Crippen LogP contribution in [0.2, 0.25) is 10.3 Å².